The topological polar surface area (TPSA) is 213 Å². The third-order valence-electron chi connectivity index (χ3n) is 7.36. The number of nitrogens with one attached hydrogen (secondary N) is 4. The number of carboxylic acids is 1. The Hall–Kier alpha value is -4.42. The van der Waals surface area contributed by atoms with Gasteiger partial charge in [-0.05, 0) is 73.9 Å². The number of nitrogens with two attached hydrogens (primary N) is 2. The fraction of sp³-hybridized carbons (Fsp3) is 0.438. The van der Waals surface area contributed by atoms with Crippen molar-refractivity contribution in [3.63, 3.8) is 0 Å². The Morgan fingerprint density at radius 2 is 1.48 bits per heavy atom. The lowest BCUT2D eigenvalue weighted by atomic mass is 10.0. The van der Waals surface area contributed by atoms with Crippen LogP contribution in [0.4, 0.5) is 0 Å². The maximum Gasteiger partial charge on any atom is 0.326 e. The number of aromatic amines is 1. The highest BCUT2D eigenvalue weighted by Crippen LogP contribution is 2.20. The minimum Gasteiger partial charge on any atom is -0.508 e. The van der Waals surface area contributed by atoms with Crippen LogP contribution >= 0.6 is 0 Å². The monoisotopic (exact) mass is 608 g/mol. The first-order valence-corrected chi connectivity index (χ1v) is 14.9. The van der Waals surface area contributed by atoms with Crippen LogP contribution in [0.5, 0.6) is 5.75 Å². The molecule has 12 heteroatoms. The molecular formula is C32H44N6O6. The third-order valence-corrected chi connectivity index (χ3v) is 7.36. The SMILES string of the molecule is CC(C)CC(NC(=O)C(CCCCN)NC(=O)C(Cc1c[nH]c2ccccc12)NC(=O)C(N)Cc1ccc(O)cc1)C(=O)O. The van der Waals surface area contributed by atoms with Gasteiger partial charge in [0.2, 0.25) is 17.7 Å². The Kier molecular flexibility index (Phi) is 12.7. The van der Waals surface area contributed by atoms with Crippen molar-refractivity contribution in [3.05, 3.63) is 65.9 Å². The molecule has 3 amide bonds. The number of carbonyl (C=O) groups is 4. The molecule has 1 aromatic heterocycles. The second-order valence-corrected chi connectivity index (χ2v) is 11.5. The summed E-state index contributed by atoms with van der Waals surface area (Å²) in [5.74, 6) is -2.85. The van der Waals surface area contributed by atoms with E-state index in [-0.39, 0.29) is 37.4 Å². The Balaban J connectivity index is 1.83. The van der Waals surface area contributed by atoms with E-state index < -0.39 is 47.9 Å². The molecule has 4 unspecified atom stereocenters. The molecule has 10 N–H and O–H groups in total. The van der Waals surface area contributed by atoms with Gasteiger partial charge in [0.15, 0.2) is 0 Å². The zero-order valence-electron chi connectivity index (χ0n) is 25.2. The van der Waals surface area contributed by atoms with Gasteiger partial charge in [-0.25, -0.2) is 4.79 Å². The summed E-state index contributed by atoms with van der Waals surface area (Å²) in [6.45, 7) is 4.10. The minimum absolute atomic E-state index is 0.0169. The fourth-order valence-electron chi connectivity index (χ4n) is 4.99. The third kappa shape index (κ3) is 10.1. The molecule has 12 nitrogen and oxygen atoms in total. The summed E-state index contributed by atoms with van der Waals surface area (Å²) in [6.07, 6.45) is 3.63. The van der Waals surface area contributed by atoms with Gasteiger partial charge in [0, 0.05) is 23.5 Å². The van der Waals surface area contributed by atoms with E-state index in [0.29, 0.717) is 19.4 Å². The van der Waals surface area contributed by atoms with Crippen LogP contribution < -0.4 is 27.4 Å². The fourth-order valence-corrected chi connectivity index (χ4v) is 4.99. The number of H-pyrrole nitrogens is 1. The van der Waals surface area contributed by atoms with Gasteiger partial charge in [0.1, 0.15) is 23.9 Å². The molecule has 3 rings (SSSR count). The lowest BCUT2D eigenvalue weighted by molar-refractivity contribution is -0.142. The number of benzene rings is 2. The number of hydrogen-bond donors (Lipinski definition) is 8. The van der Waals surface area contributed by atoms with E-state index in [2.05, 4.69) is 20.9 Å². The minimum atomic E-state index is -1.16. The van der Waals surface area contributed by atoms with Gasteiger partial charge in [-0.1, -0.05) is 44.2 Å². The smallest absolute Gasteiger partial charge is 0.326 e. The van der Waals surface area contributed by atoms with Gasteiger partial charge in [0.05, 0.1) is 6.04 Å². The van der Waals surface area contributed by atoms with E-state index in [0.717, 1.165) is 22.0 Å². The van der Waals surface area contributed by atoms with Crippen LogP contribution in [-0.2, 0) is 32.0 Å². The van der Waals surface area contributed by atoms with E-state index in [9.17, 15) is 29.4 Å². The van der Waals surface area contributed by atoms with Crippen molar-refractivity contribution in [2.45, 2.75) is 76.5 Å². The van der Waals surface area contributed by atoms with Gasteiger partial charge < -0.3 is 42.6 Å². The van der Waals surface area contributed by atoms with E-state index in [4.69, 9.17) is 11.5 Å². The Morgan fingerprint density at radius 3 is 2.14 bits per heavy atom. The summed E-state index contributed by atoms with van der Waals surface area (Å²) in [7, 11) is 0. The molecule has 1 heterocycles. The van der Waals surface area contributed by atoms with Gasteiger partial charge in [0.25, 0.3) is 0 Å². The molecule has 0 radical (unpaired) electrons. The van der Waals surface area contributed by atoms with Crippen molar-refractivity contribution in [1.82, 2.24) is 20.9 Å². The molecule has 0 spiro atoms. The van der Waals surface area contributed by atoms with Gasteiger partial charge in [-0.3, -0.25) is 14.4 Å². The molecule has 0 aliphatic carbocycles. The first-order valence-electron chi connectivity index (χ1n) is 14.9. The lowest BCUT2D eigenvalue weighted by Crippen LogP contribution is -2.57. The van der Waals surface area contributed by atoms with Crippen molar-refractivity contribution >= 4 is 34.6 Å². The van der Waals surface area contributed by atoms with Crippen LogP contribution in [-0.4, -0.2) is 69.6 Å². The van der Waals surface area contributed by atoms with E-state index >= 15 is 0 Å². The second kappa shape index (κ2) is 16.4. The van der Waals surface area contributed by atoms with E-state index in [1.54, 1.807) is 18.3 Å². The molecule has 0 aliphatic heterocycles. The number of hydrogen-bond acceptors (Lipinski definition) is 7. The maximum absolute atomic E-state index is 13.8. The molecule has 3 aromatic rings. The molecule has 0 saturated carbocycles. The standard InChI is InChI=1S/C32H44N6O6/c1-19(2)15-28(32(43)44)38-30(41)26(9-5-6-14-33)36-31(42)27(17-21-18-35-25-8-4-3-7-23(21)25)37-29(40)24(34)16-20-10-12-22(39)13-11-20/h3-4,7-8,10-13,18-19,24,26-28,35,39H,5-6,9,14-17,33-34H2,1-2H3,(H,36,42)(H,37,40)(H,38,41)(H,43,44). The average Bonchev–Trinajstić information content (AvgIpc) is 3.39. The first-order chi connectivity index (χ1) is 21.0. The molecule has 4 atom stereocenters. The van der Waals surface area contributed by atoms with Gasteiger partial charge in [-0.15, -0.1) is 0 Å². The molecule has 0 fully saturated rings. The largest absolute Gasteiger partial charge is 0.508 e. The Bertz CT molecular complexity index is 1410. The molecule has 2 aromatic carbocycles. The number of para-hydroxylation sites is 1. The maximum atomic E-state index is 13.8. The highest BCUT2D eigenvalue weighted by molar-refractivity contribution is 5.95. The second-order valence-electron chi connectivity index (χ2n) is 11.5. The average molecular weight is 609 g/mol. The normalized spacial score (nSPS) is 14.0. The first kappa shape index (κ1) is 34.1. The number of unbranched alkanes of at least 4 members (excludes halogenated alkanes) is 1. The number of phenols is 1. The van der Waals surface area contributed by atoms with Crippen LogP contribution in [0.15, 0.2) is 54.7 Å². The number of aromatic nitrogens is 1. The lowest BCUT2D eigenvalue weighted by Gasteiger charge is -2.26. The highest BCUT2D eigenvalue weighted by atomic mass is 16.4. The number of aliphatic carboxylic acids is 1. The summed E-state index contributed by atoms with van der Waals surface area (Å²) < 4.78 is 0. The number of rotatable bonds is 17. The molecule has 0 saturated heterocycles. The number of fused-ring (bicyclic) bond motifs is 1. The van der Waals surface area contributed by atoms with Gasteiger partial charge in [-0.2, -0.15) is 0 Å². The number of carboxylic acid groups (broad SMARTS) is 1. The van der Waals surface area contributed by atoms with E-state index in [1.807, 2.05) is 38.1 Å². The van der Waals surface area contributed by atoms with Crippen molar-refractivity contribution in [3.8, 4) is 5.75 Å². The predicted molar refractivity (Wildman–Crippen MR) is 168 cm³/mol. The summed E-state index contributed by atoms with van der Waals surface area (Å²) in [5, 5.41) is 28.2. The van der Waals surface area contributed by atoms with Gasteiger partial charge >= 0.3 is 5.97 Å². The van der Waals surface area contributed by atoms with Crippen molar-refractivity contribution in [2.75, 3.05) is 6.54 Å². The molecule has 238 valence electrons. The van der Waals surface area contributed by atoms with Crippen molar-refractivity contribution in [1.29, 1.82) is 0 Å². The van der Waals surface area contributed by atoms with Crippen molar-refractivity contribution in [2.24, 2.45) is 17.4 Å². The molecule has 0 aliphatic rings. The zero-order valence-corrected chi connectivity index (χ0v) is 25.2. The van der Waals surface area contributed by atoms with Crippen LogP contribution in [0.25, 0.3) is 10.9 Å². The quantitative estimate of drug-likeness (QED) is 0.105. The highest BCUT2D eigenvalue weighted by Gasteiger charge is 2.31. The van der Waals surface area contributed by atoms with Crippen LogP contribution in [0, 0.1) is 5.92 Å². The number of phenolic OH excluding ortho intramolecular Hbond substituents is 1. The summed E-state index contributed by atoms with van der Waals surface area (Å²) in [5.41, 5.74) is 14.2. The summed E-state index contributed by atoms with van der Waals surface area (Å²) in [4.78, 5) is 55.3. The number of aromatic hydroxyl groups is 1. The molecule has 44 heavy (non-hydrogen) atoms. The Labute approximate surface area is 257 Å². The number of carbonyl (C=O) groups excluding carboxylic acids is 3. The molecule has 0 bridgehead atoms. The summed E-state index contributed by atoms with van der Waals surface area (Å²) >= 11 is 0. The van der Waals surface area contributed by atoms with Crippen LogP contribution in [0.1, 0.15) is 50.7 Å². The summed E-state index contributed by atoms with van der Waals surface area (Å²) in [6, 6.07) is 9.62. The van der Waals surface area contributed by atoms with E-state index in [1.165, 1.54) is 12.1 Å². The zero-order chi connectivity index (χ0) is 32.2. The predicted octanol–water partition coefficient (Wildman–Crippen LogP) is 1.70. The van der Waals surface area contributed by atoms with Crippen molar-refractivity contribution < 1.29 is 29.4 Å². The Morgan fingerprint density at radius 1 is 0.841 bits per heavy atom. The molecular weight excluding hydrogens is 564 g/mol. The van der Waals surface area contributed by atoms with Crippen LogP contribution in [0.3, 0.4) is 0 Å². The van der Waals surface area contributed by atoms with Crippen LogP contribution in [0.2, 0.25) is 0 Å². The number of amides is 3.